The third-order valence-corrected chi connectivity index (χ3v) is 3.25. The number of ether oxygens (including phenoxy) is 1. The van der Waals surface area contributed by atoms with Gasteiger partial charge >= 0.3 is 6.18 Å². The van der Waals surface area contributed by atoms with Crippen molar-refractivity contribution in [3.05, 3.63) is 23.8 Å². The van der Waals surface area contributed by atoms with Crippen molar-refractivity contribution in [3.8, 4) is 0 Å². The standard InChI is InChI=1S/C12H17F3N4O/c1-8-7-19(2-3-20-8)10(4-16)9-5-17-11(18-6-9)12(13,14)15/h5-6,8,10H,2-4,7,16H2,1H3. The monoisotopic (exact) mass is 290 g/mol. The minimum atomic E-state index is -4.52. The molecule has 0 spiro atoms. The van der Waals surface area contributed by atoms with Gasteiger partial charge in [0.15, 0.2) is 0 Å². The maximum atomic E-state index is 12.4. The van der Waals surface area contributed by atoms with E-state index < -0.39 is 12.0 Å². The predicted molar refractivity (Wildman–Crippen MR) is 65.8 cm³/mol. The Morgan fingerprint density at radius 3 is 2.60 bits per heavy atom. The molecule has 0 bridgehead atoms. The van der Waals surface area contributed by atoms with Crippen molar-refractivity contribution >= 4 is 0 Å². The molecule has 0 aliphatic carbocycles. The van der Waals surface area contributed by atoms with Gasteiger partial charge in [0.05, 0.1) is 18.8 Å². The van der Waals surface area contributed by atoms with Crippen LogP contribution in [-0.4, -0.2) is 47.2 Å². The first kappa shape index (κ1) is 15.1. The molecule has 8 heteroatoms. The number of rotatable bonds is 3. The van der Waals surface area contributed by atoms with Crippen LogP contribution in [0.2, 0.25) is 0 Å². The maximum Gasteiger partial charge on any atom is 0.451 e. The zero-order chi connectivity index (χ0) is 14.8. The van der Waals surface area contributed by atoms with Gasteiger partial charge in [0.25, 0.3) is 0 Å². The summed E-state index contributed by atoms with van der Waals surface area (Å²) in [5.74, 6) is -1.13. The van der Waals surface area contributed by atoms with E-state index in [1.807, 2.05) is 6.92 Å². The summed E-state index contributed by atoms with van der Waals surface area (Å²) in [5, 5.41) is 0. The van der Waals surface area contributed by atoms with Crippen molar-refractivity contribution < 1.29 is 17.9 Å². The van der Waals surface area contributed by atoms with E-state index in [9.17, 15) is 13.2 Å². The topological polar surface area (TPSA) is 64.3 Å². The number of hydrogen-bond donors (Lipinski definition) is 1. The van der Waals surface area contributed by atoms with Gasteiger partial charge in [-0.15, -0.1) is 0 Å². The van der Waals surface area contributed by atoms with E-state index in [0.717, 1.165) is 0 Å². The van der Waals surface area contributed by atoms with Crippen LogP contribution in [0.25, 0.3) is 0 Å². The molecule has 1 aromatic rings. The van der Waals surface area contributed by atoms with Crippen molar-refractivity contribution in [2.45, 2.75) is 25.2 Å². The number of hydrogen-bond acceptors (Lipinski definition) is 5. The molecule has 2 atom stereocenters. The van der Waals surface area contributed by atoms with Crippen LogP contribution in [0.5, 0.6) is 0 Å². The summed E-state index contributed by atoms with van der Waals surface area (Å²) >= 11 is 0. The fourth-order valence-corrected chi connectivity index (χ4v) is 2.28. The van der Waals surface area contributed by atoms with Gasteiger partial charge in [-0.3, -0.25) is 4.90 Å². The Morgan fingerprint density at radius 1 is 1.45 bits per heavy atom. The maximum absolute atomic E-state index is 12.4. The minimum absolute atomic E-state index is 0.0770. The molecule has 1 saturated heterocycles. The largest absolute Gasteiger partial charge is 0.451 e. The molecule has 112 valence electrons. The molecule has 0 radical (unpaired) electrons. The lowest BCUT2D eigenvalue weighted by atomic mass is 10.1. The van der Waals surface area contributed by atoms with E-state index in [0.29, 0.717) is 31.8 Å². The summed E-state index contributed by atoms with van der Waals surface area (Å²) < 4.78 is 42.7. The summed E-state index contributed by atoms with van der Waals surface area (Å²) in [6.07, 6.45) is -2.04. The average Bonchev–Trinajstić information content (AvgIpc) is 2.39. The highest BCUT2D eigenvalue weighted by Gasteiger charge is 2.35. The van der Waals surface area contributed by atoms with Crippen molar-refractivity contribution in [3.63, 3.8) is 0 Å². The highest BCUT2D eigenvalue weighted by molar-refractivity contribution is 5.13. The molecular formula is C12H17F3N4O. The predicted octanol–water partition coefficient (Wildman–Crippen LogP) is 1.22. The first-order chi connectivity index (χ1) is 9.41. The number of aromatic nitrogens is 2. The molecule has 2 heterocycles. The summed E-state index contributed by atoms with van der Waals surface area (Å²) in [4.78, 5) is 8.85. The van der Waals surface area contributed by atoms with Crippen LogP contribution in [0.3, 0.4) is 0 Å². The van der Waals surface area contributed by atoms with Gasteiger partial charge in [-0.1, -0.05) is 0 Å². The van der Waals surface area contributed by atoms with Crippen molar-refractivity contribution in [2.24, 2.45) is 5.73 Å². The van der Waals surface area contributed by atoms with Crippen LogP contribution in [0.4, 0.5) is 13.2 Å². The molecule has 1 aromatic heterocycles. The summed E-state index contributed by atoms with van der Waals surface area (Å²) in [7, 11) is 0. The fraction of sp³-hybridized carbons (Fsp3) is 0.667. The number of nitrogens with two attached hydrogens (primary N) is 1. The smallest absolute Gasteiger partial charge is 0.376 e. The van der Waals surface area contributed by atoms with E-state index in [1.165, 1.54) is 12.4 Å². The van der Waals surface area contributed by atoms with E-state index >= 15 is 0 Å². The first-order valence-electron chi connectivity index (χ1n) is 6.36. The molecule has 1 aliphatic rings. The molecule has 2 N–H and O–H groups in total. The first-order valence-corrected chi connectivity index (χ1v) is 6.36. The van der Waals surface area contributed by atoms with Crippen LogP contribution < -0.4 is 5.73 Å². The van der Waals surface area contributed by atoms with Crippen LogP contribution in [-0.2, 0) is 10.9 Å². The zero-order valence-corrected chi connectivity index (χ0v) is 11.1. The second-order valence-corrected chi connectivity index (χ2v) is 4.77. The normalized spacial score (nSPS) is 22.8. The van der Waals surface area contributed by atoms with Gasteiger partial charge in [0, 0.05) is 37.6 Å². The third-order valence-electron chi connectivity index (χ3n) is 3.25. The van der Waals surface area contributed by atoms with Crippen molar-refractivity contribution in [1.29, 1.82) is 0 Å². The number of halogens is 3. The molecule has 1 fully saturated rings. The fourth-order valence-electron chi connectivity index (χ4n) is 2.28. The average molecular weight is 290 g/mol. The quantitative estimate of drug-likeness (QED) is 0.906. The summed E-state index contributed by atoms with van der Waals surface area (Å²) in [5.41, 5.74) is 6.34. The SMILES string of the molecule is CC1CN(C(CN)c2cnc(C(F)(F)F)nc2)CCO1. The molecule has 2 rings (SSSR count). The van der Waals surface area contributed by atoms with Gasteiger partial charge in [-0.25, -0.2) is 9.97 Å². The van der Waals surface area contributed by atoms with E-state index in [-0.39, 0.29) is 12.1 Å². The Kier molecular flexibility index (Phi) is 4.56. The van der Waals surface area contributed by atoms with Crippen LogP contribution in [0.15, 0.2) is 12.4 Å². The molecule has 2 unspecified atom stereocenters. The Bertz CT molecular complexity index is 437. The molecule has 1 aliphatic heterocycles. The molecular weight excluding hydrogens is 273 g/mol. The van der Waals surface area contributed by atoms with Crippen LogP contribution >= 0.6 is 0 Å². The van der Waals surface area contributed by atoms with Gasteiger partial charge in [0.1, 0.15) is 0 Å². The highest BCUT2D eigenvalue weighted by Crippen LogP contribution is 2.27. The molecule has 0 saturated carbocycles. The van der Waals surface area contributed by atoms with E-state index in [2.05, 4.69) is 14.9 Å². The van der Waals surface area contributed by atoms with Gasteiger partial charge in [-0.05, 0) is 6.92 Å². The molecule has 20 heavy (non-hydrogen) atoms. The Labute approximate surface area is 114 Å². The van der Waals surface area contributed by atoms with Crippen LogP contribution in [0.1, 0.15) is 24.4 Å². The minimum Gasteiger partial charge on any atom is -0.376 e. The second kappa shape index (κ2) is 6.02. The van der Waals surface area contributed by atoms with E-state index in [4.69, 9.17) is 10.5 Å². The highest BCUT2D eigenvalue weighted by atomic mass is 19.4. The summed E-state index contributed by atoms with van der Waals surface area (Å²) in [6, 6.07) is -0.191. The van der Waals surface area contributed by atoms with Gasteiger partial charge in [-0.2, -0.15) is 13.2 Å². The van der Waals surface area contributed by atoms with Gasteiger partial charge < -0.3 is 10.5 Å². The lowest BCUT2D eigenvalue weighted by Gasteiger charge is -2.36. The third kappa shape index (κ3) is 3.44. The molecule has 0 aromatic carbocycles. The number of nitrogens with zero attached hydrogens (tertiary/aromatic N) is 3. The lowest BCUT2D eigenvalue weighted by Crippen LogP contribution is -2.45. The molecule has 0 amide bonds. The van der Waals surface area contributed by atoms with Crippen molar-refractivity contribution in [2.75, 3.05) is 26.2 Å². The number of alkyl halides is 3. The zero-order valence-electron chi connectivity index (χ0n) is 11.1. The number of morpholine rings is 1. The van der Waals surface area contributed by atoms with Gasteiger partial charge in [0.2, 0.25) is 5.82 Å². The van der Waals surface area contributed by atoms with Crippen molar-refractivity contribution in [1.82, 2.24) is 14.9 Å². The second-order valence-electron chi connectivity index (χ2n) is 4.77. The van der Waals surface area contributed by atoms with E-state index in [1.54, 1.807) is 0 Å². The Morgan fingerprint density at radius 2 is 2.10 bits per heavy atom. The Balaban J connectivity index is 2.15. The lowest BCUT2D eigenvalue weighted by molar-refractivity contribution is -0.145. The van der Waals surface area contributed by atoms with Crippen LogP contribution in [0, 0.1) is 0 Å². The summed E-state index contributed by atoms with van der Waals surface area (Å²) in [6.45, 7) is 4.19. The Hall–Kier alpha value is -1.25. The molecule has 5 nitrogen and oxygen atoms in total.